The molecule has 0 saturated heterocycles. The normalized spacial score (nSPS) is 12.5. The van der Waals surface area contributed by atoms with Crippen LogP contribution in [0.5, 0.6) is 17.2 Å². The third-order valence-electron chi connectivity index (χ3n) is 4.20. The van der Waals surface area contributed by atoms with Gasteiger partial charge in [-0.15, -0.1) is 0 Å². The van der Waals surface area contributed by atoms with E-state index in [1.807, 2.05) is 36.4 Å². The highest BCUT2D eigenvalue weighted by molar-refractivity contribution is 6.35. The number of ether oxygens (including phenoxy) is 2. The summed E-state index contributed by atoms with van der Waals surface area (Å²) in [6.07, 6.45) is -0.840. The second kappa shape index (κ2) is 9.47. The van der Waals surface area contributed by atoms with Crippen LogP contribution in [-0.2, 0) is 4.79 Å². The molecule has 0 amide bonds. The van der Waals surface area contributed by atoms with Crippen LogP contribution in [-0.4, -0.2) is 11.9 Å². The molecule has 146 valence electrons. The van der Waals surface area contributed by atoms with Gasteiger partial charge in [-0.05, 0) is 61.0 Å². The Labute approximate surface area is 179 Å². The van der Waals surface area contributed by atoms with Gasteiger partial charge in [0.05, 0.1) is 6.07 Å². The van der Waals surface area contributed by atoms with Gasteiger partial charge < -0.3 is 9.47 Å². The Morgan fingerprint density at radius 1 is 0.931 bits per heavy atom. The van der Waals surface area contributed by atoms with Crippen molar-refractivity contribution in [2.75, 3.05) is 0 Å². The van der Waals surface area contributed by atoms with Gasteiger partial charge in [0.1, 0.15) is 23.2 Å². The fourth-order valence-electron chi connectivity index (χ4n) is 2.73. The maximum absolute atomic E-state index is 12.8. The van der Waals surface area contributed by atoms with Crippen molar-refractivity contribution in [3.8, 4) is 23.3 Å². The molecule has 3 aromatic carbocycles. The predicted octanol–water partition coefficient (Wildman–Crippen LogP) is 6.43. The van der Waals surface area contributed by atoms with Crippen molar-refractivity contribution >= 4 is 29.0 Å². The number of Topliss-reactive ketones (excluding diaryl/α,β-unsaturated/α-hetero) is 1. The number of ketones is 1. The molecule has 0 heterocycles. The molecule has 2 unspecified atom stereocenters. The van der Waals surface area contributed by atoms with Crippen LogP contribution in [0.15, 0.2) is 72.8 Å². The lowest BCUT2D eigenvalue weighted by Crippen LogP contribution is -2.29. The third kappa shape index (κ3) is 5.29. The summed E-state index contributed by atoms with van der Waals surface area (Å²) in [5.41, 5.74) is 0.408. The number of benzene rings is 3. The summed E-state index contributed by atoms with van der Waals surface area (Å²) in [4.78, 5) is 12.8. The van der Waals surface area contributed by atoms with Crippen LogP contribution < -0.4 is 9.47 Å². The van der Waals surface area contributed by atoms with E-state index in [4.69, 9.17) is 32.7 Å². The van der Waals surface area contributed by atoms with Crippen LogP contribution in [0.1, 0.15) is 18.4 Å². The van der Waals surface area contributed by atoms with E-state index in [0.29, 0.717) is 22.1 Å². The topological polar surface area (TPSA) is 59.3 Å². The molecule has 0 N–H and O–H groups in total. The van der Waals surface area contributed by atoms with Crippen LogP contribution in [0.4, 0.5) is 0 Å². The van der Waals surface area contributed by atoms with Crippen LogP contribution in [0.25, 0.3) is 0 Å². The third-order valence-corrected chi connectivity index (χ3v) is 4.77. The number of hydrogen-bond acceptors (Lipinski definition) is 4. The largest absolute Gasteiger partial charge is 0.483 e. The predicted molar refractivity (Wildman–Crippen MR) is 113 cm³/mol. The molecular formula is C23H17Cl2NO3. The van der Waals surface area contributed by atoms with E-state index in [9.17, 15) is 10.1 Å². The second-order valence-corrected chi connectivity index (χ2v) is 7.12. The molecule has 0 radical (unpaired) electrons. The molecule has 2 atom stereocenters. The van der Waals surface area contributed by atoms with Gasteiger partial charge in [0.15, 0.2) is 11.9 Å². The summed E-state index contributed by atoms with van der Waals surface area (Å²) in [5.74, 6) is 0.425. The summed E-state index contributed by atoms with van der Waals surface area (Å²) < 4.78 is 11.5. The molecule has 0 aliphatic rings. The molecule has 0 bridgehead atoms. The number of rotatable bonds is 7. The standard InChI is InChI=1S/C23H17Cl2NO3/c1-15(23(27)21(14-26)20-12-7-16(24)13-22(20)25)28-18-8-10-19(11-9-18)29-17-5-3-2-4-6-17/h2-13,15,21H,1H3. The summed E-state index contributed by atoms with van der Waals surface area (Å²) in [7, 11) is 0. The first-order valence-electron chi connectivity index (χ1n) is 8.86. The van der Waals surface area contributed by atoms with Gasteiger partial charge in [-0.3, -0.25) is 4.79 Å². The van der Waals surface area contributed by atoms with Crippen LogP contribution in [0.2, 0.25) is 10.0 Å². The molecule has 0 aromatic heterocycles. The fraction of sp³-hybridized carbons (Fsp3) is 0.130. The van der Waals surface area contributed by atoms with Gasteiger partial charge in [0.25, 0.3) is 0 Å². The molecule has 0 fully saturated rings. The first-order chi connectivity index (χ1) is 14.0. The summed E-state index contributed by atoms with van der Waals surface area (Å²) in [5, 5.41) is 10.2. The molecule has 3 aromatic rings. The number of nitriles is 1. The Hall–Kier alpha value is -3.00. The Morgan fingerprint density at radius 2 is 1.55 bits per heavy atom. The first-order valence-corrected chi connectivity index (χ1v) is 9.61. The number of para-hydroxylation sites is 1. The summed E-state index contributed by atoms with van der Waals surface area (Å²) in [6, 6.07) is 23.0. The van der Waals surface area contributed by atoms with Crippen molar-refractivity contribution < 1.29 is 14.3 Å². The van der Waals surface area contributed by atoms with Crippen molar-refractivity contribution in [3.63, 3.8) is 0 Å². The molecule has 0 saturated carbocycles. The van der Waals surface area contributed by atoms with E-state index in [1.54, 1.807) is 43.3 Å². The van der Waals surface area contributed by atoms with Crippen molar-refractivity contribution in [2.24, 2.45) is 0 Å². The maximum atomic E-state index is 12.8. The van der Waals surface area contributed by atoms with Crippen LogP contribution >= 0.6 is 23.2 Å². The minimum absolute atomic E-state index is 0.270. The zero-order chi connectivity index (χ0) is 20.8. The van der Waals surface area contributed by atoms with Crippen LogP contribution in [0.3, 0.4) is 0 Å². The summed E-state index contributed by atoms with van der Waals surface area (Å²) >= 11 is 12.0. The van der Waals surface area contributed by atoms with E-state index < -0.39 is 12.0 Å². The maximum Gasteiger partial charge on any atom is 0.194 e. The van der Waals surface area contributed by atoms with Gasteiger partial charge in [-0.2, -0.15) is 5.26 Å². The fourth-order valence-corrected chi connectivity index (χ4v) is 3.25. The van der Waals surface area contributed by atoms with Crippen molar-refractivity contribution in [1.29, 1.82) is 5.26 Å². The van der Waals surface area contributed by atoms with Crippen molar-refractivity contribution in [3.05, 3.63) is 88.4 Å². The molecule has 0 aliphatic heterocycles. The van der Waals surface area contributed by atoms with E-state index >= 15 is 0 Å². The molecule has 0 spiro atoms. The van der Waals surface area contributed by atoms with Crippen molar-refractivity contribution in [1.82, 2.24) is 0 Å². The van der Waals surface area contributed by atoms with E-state index in [-0.39, 0.29) is 10.8 Å². The Morgan fingerprint density at radius 3 is 2.17 bits per heavy atom. The van der Waals surface area contributed by atoms with Crippen molar-refractivity contribution in [2.45, 2.75) is 18.9 Å². The second-order valence-electron chi connectivity index (χ2n) is 6.28. The van der Waals surface area contributed by atoms with Gasteiger partial charge >= 0.3 is 0 Å². The zero-order valence-corrected chi connectivity index (χ0v) is 17.0. The minimum Gasteiger partial charge on any atom is -0.483 e. The van der Waals surface area contributed by atoms with Gasteiger partial charge in [-0.25, -0.2) is 0 Å². The molecule has 4 nitrogen and oxygen atoms in total. The average molecular weight is 426 g/mol. The molecule has 0 aliphatic carbocycles. The summed E-state index contributed by atoms with van der Waals surface area (Å²) in [6.45, 7) is 1.60. The Kier molecular flexibility index (Phi) is 6.77. The number of carbonyl (C=O) groups excluding carboxylic acids is 1. The lowest BCUT2D eigenvalue weighted by molar-refractivity contribution is -0.125. The molecular weight excluding hydrogens is 409 g/mol. The Bertz CT molecular complexity index is 1030. The first kappa shape index (κ1) is 20.7. The lowest BCUT2D eigenvalue weighted by atomic mass is 9.93. The zero-order valence-electron chi connectivity index (χ0n) is 15.5. The van der Waals surface area contributed by atoms with E-state index in [1.165, 1.54) is 6.07 Å². The van der Waals surface area contributed by atoms with Gasteiger partial charge in [0.2, 0.25) is 0 Å². The SMILES string of the molecule is CC(Oc1ccc(Oc2ccccc2)cc1)C(=O)C(C#N)c1ccc(Cl)cc1Cl. The Balaban J connectivity index is 1.67. The minimum atomic E-state index is -1.05. The molecule has 29 heavy (non-hydrogen) atoms. The highest BCUT2D eigenvalue weighted by Crippen LogP contribution is 2.30. The number of hydrogen-bond donors (Lipinski definition) is 0. The van der Waals surface area contributed by atoms with Gasteiger partial charge in [0, 0.05) is 10.0 Å². The lowest BCUT2D eigenvalue weighted by Gasteiger charge is -2.18. The average Bonchev–Trinajstić information content (AvgIpc) is 2.72. The number of halogens is 2. The molecule has 3 rings (SSSR count). The van der Waals surface area contributed by atoms with Crippen LogP contribution in [0, 0.1) is 11.3 Å². The quantitative estimate of drug-likeness (QED) is 0.437. The number of nitrogens with zero attached hydrogens (tertiary/aromatic N) is 1. The van der Waals surface area contributed by atoms with E-state index in [0.717, 1.165) is 5.75 Å². The highest BCUT2D eigenvalue weighted by atomic mass is 35.5. The monoisotopic (exact) mass is 425 g/mol. The van der Waals surface area contributed by atoms with Gasteiger partial charge in [-0.1, -0.05) is 47.5 Å². The van der Waals surface area contributed by atoms with E-state index in [2.05, 4.69) is 0 Å². The number of carbonyl (C=O) groups is 1. The smallest absolute Gasteiger partial charge is 0.194 e. The highest BCUT2D eigenvalue weighted by Gasteiger charge is 2.28. The molecule has 6 heteroatoms.